The first-order chi connectivity index (χ1) is 15.3. The van der Waals surface area contributed by atoms with Gasteiger partial charge in [0, 0.05) is 39.8 Å². The lowest BCUT2D eigenvalue weighted by atomic mass is 10.3. The number of hydrogen-bond acceptors (Lipinski definition) is 6. The summed E-state index contributed by atoms with van der Waals surface area (Å²) in [6.45, 7) is 4.85. The molecule has 1 saturated heterocycles. The molecule has 0 radical (unpaired) electrons. The van der Waals surface area contributed by atoms with Crippen LogP contribution in [-0.2, 0) is 30.2 Å². The minimum absolute atomic E-state index is 0.299. The second kappa shape index (κ2) is 9.00. The van der Waals surface area contributed by atoms with Gasteiger partial charge in [-0.25, -0.2) is 18.2 Å². The van der Waals surface area contributed by atoms with Crippen molar-refractivity contribution in [3.8, 4) is 0 Å². The van der Waals surface area contributed by atoms with Crippen molar-refractivity contribution in [1.82, 2.24) is 28.3 Å². The quantitative estimate of drug-likeness (QED) is 0.556. The van der Waals surface area contributed by atoms with E-state index in [1.54, 1.807) is 41.9 Å². The van der Waals surface area contributed by atoms with Crippen molar-refractivity contribution in [2.45, 2.75) is 37.8 Å². The number of H-pyrrole nitrogens is 1. The summed E-state index contributed by atoms with van der Waals surface area (Å²) in [5, 5.41) is 0. The molecule has 32 heavy (non-hydrogen) atoms. The predicted octanol–water partition coefficient (Wildman–Crippen LogP) is 0.730. The number of benzene rings is 1. The van der Waals surface area contributed by atoms with Crippen LogP contribution >= 0.6 is 0 Å². The van der Waals surface area contributed by atoms with Crippen LogP contribution in [0.2, 0.25) is 0 Å². The van der Waals surface area contributed by atoms with Crippen molar-refractivity contribution >= 4 is 21.2 Å². The molecule has 0 amide bonds. The van der Waals surface area contributed by atoms with Crippen LogP contribution in [0.5, 0.6) is 0 Å². The molecular weight excluding hydrogens is 432 g/mol. The SMILES string of the molecule is CCCCn1c(=O)[nH]c(=O)c2c1nc(CN1CCN(S(=O)(=O)c3ccccc3)CC1)n2C. The first-order valence-corrected chi connectivity index (χ1v) is 12.2. The lowest BCUT2D eigenvalue weighted by Gasteiger charge is -2.33. The number of piperazine rings is 1. The maximum Gasteiger partial charge on any atom is 0.330 e. The molecule has 1 N–H and O–H groups in total. The maximum atomic E-state index is 12.8. The van der Waals surface area contributed by atoms with Gasteiger partial charge in [0.15, 0.2) is 11.2 Å². The summed E-state index contributed by atoms with van der Waals surface area (Å²) in [6.07, 6.45) is 1.73. The zero-order valence-electron chi connectivity index (χ0n) is 18.3. The van der Waals surface area contributed by atoms with Gasteiger partial charge < -0.3 is 4.57 Å². The number of aromatic amines is 1. The van der Waals surface area contributed by atoms with Gasteiger partial charge in [-0.05, 0) is 18.6 Å². The number of nitrogens with one attached hydrogen (secondary N) is 1. The van der Waals surface area contributed by atoms with Crippen molar-refractivity contribution in [3.63, 3.8) is 0 Å². The second-order valence-electron chi connectivity index (χ2n) is 8.02. The van der Waals surface area contributed by atoms with E-state index in [9.17, 15) is 18.0 Å². The number of sulfonamides is 1. The van der Waals surface area contributed by atoms with E-state index in [-0.39, 0.29) is 0 Å². The molecule has 1 aromatic carbocycles. The highest BCUT2D eigenvalue weighted by atomic mass is 32.2. The van der Waals surface area contributed by atoms with Gasteiger partial charge in [-0.1, -0.05) is 31.5 Å². The highest BCUT2D eigenvalue weighted by Crippen LogP contribution is 2.19. The number of rotatable bonds is 7. The predicted molar refractivity (Wildman–Crippen MR) is 121 cm³/mol. The molecule has 11 heteroatoms. The lowest BCUT2D eigenvalue weighted by molar-refractivity contribution is 0.177. The fraction of sp³-hybridized carbons (Fsp3) is 0.476. The minimum atomic E-state index is -3.51. The number of fused-ring (bicyclic) bond motifs is 1. The van der Waals surface area contributed by atoms with Crippen molar-refractivity contribution in [2.75, 3.05) is 26.2 Å². The molecule has 0 saturated carbocycles. The number of aryl methyl sites for hydroxylation is 2. The number of nitrogens with zero attached hydrogens (tertiary/aromatic N) is 5. The molecule has 0 bridgehead atoms. The number of aromatic nitrogens is 4. The molecule has 3 aromatic rings. The van der Waals surface area contributed by atoms with Crippen molar-refractivity contribution in [2.24, 2.45) is 7.05 Å². The largest absolute Gasteiger partial charge is 0.330 e. The monoisotopic (exact) mass is 460 g/mol. The third-order valence-electron chi connectivity index (χ3n) is 5.92. The van der Waals surface area contributed by atoms with Crippen LogP contribution in [-0.4, -0.2) is 62.9 Å². The van der Waals surface area contributed by atoms with E-state index in [0.717, 1.165) is 12.8 Å². The van der Waals surface area contributed by atoms with E-state index in [4.69, 9.17) is 0 Å². The van der Waals surface area contributed by atoms with Crippen LogP contribution < -0.4 is 11.2 Å². The lowest BCUT2D eigenvalue weighted by Crippen LogP contribution is -2.48. The Kier molecular flexibility index (Phi) is 6.31. The van der Waals surface area contributed by atoms with Crippen LogP contribution in [0.4, 0.5) is 0 Å². The average molecular weight is 461 g/mol. The van der Waals surface area contributed by atoms with E-state index >= 15 is 0 Å². The van der Waals surface area contributed by atoms with Crippen LogP contribution in [0.25, 0.3) is 11.2 Å². The molecule has 3 heterocycles. The van der Waals surface area contributed by atoms with Gasteiger partial charge in [0.2, 0.25) is 10.0 Å². The molecule has 1 aliphatic rings. The van der Waals surface area contributed by atoms with Crippen LogP contribution in [0, 0.1) is 0 Å². The molecule has 172 valence electrons. The normalized spacial score (nSPS) is 16.1. The third-order valence-corrected chi connectivity index (χ3v) is 7.83. The van der Waals surface area contributed by atoms with Gasteiger partial charge in [0.05, 0.1) is 11.4 Å². The second-order valence-corrected chi connectivity index (χ2v) is 9.95. The highest BCUT2D eigenvalue weighted by Gasteiger charge is 2.29. The minimum Gasteiger partial charge on any atom is -0.324 e. The molecule has 1 aliphatic heterocycles. The maximum absolute atomic E-state index is 12.8. The third kappa shape index (κ3) is 4.15. The summed E-state index contributed by atoms with van der Waals surface area (Å²) in [5.41, 5.74) is -0.117. The average Bonchev–Trinajstić information content (AvgIpc) is 3.11. The Hall–Kier alpha value is -2.76. The molecular formula is C21H28N6O4S. The smallest absolute Gasteiger partial charge is 0.324 e. The van der Waals surface area contributed by atoms with Gasteiger partial charge in [-0.2, -0.15) is 4.31 Å². The summed E-state index contributed by atoms with van der Waals surface area (Å²) in [7, 11) is -1.74. The van der Waals surface area contributed by atoms with E-state index < -0.39 is 21.3 Å². The molecule has 0 aliphatic carbocycles. The van der Waals surface area contributed by atoms with Crippen LogP contribution in [0.1, 0.15) is 25.6 Å². The van der Waals surface area contributed by atoms with Gasteiger partial charge in [-0.3, -0.25) is 19.2 Å². The zero-order chi connectivity index (χ0) is 22.9. The molecule has 2 aromatic heterocycles. The molecule has 0 unspecified atom stereocenters. The van der Waals surface area contributed by atoms with Gasteiger partial charge in [0.1, 0.15) is 5.82 Å². The molecule has 10 nitrogen and oxygen atoms in total. The Bertz CT molecular complexity index is 1320. The fourth-order valence-corrected chi connectivity index (χ4v) is 5.47. The first-order valence-electron chi connectivity index (χ1n) is 10.8. The summed E-state index contributed by atoms with van der Waals surface area (Å²) in [6, 6.07) is 8.45. The first kappa shape index (κ1) is 22.4. The Labute approximate surface area is 186 Å². The zero-order valence-corrected chi connectivity index (χ0v) is 19.1. The Balaban J connectivity index is 1.53. The van der Waals surface area contributed by atoms with Crippen molar-refractivity contribution in [1.29, 1.82) is 0 Å². The molecule has 0 atom stereocenters. The molecule has 1 fully saturated rings. The Morgan fingerprint density at radius 3 is 2.41 bits per heavy atom. The number of unbranched alkanes of at least 4 members (excludes halogenated alkanes) is 1. The summed E-state index contributed by atoms with van der Waals surface area (Å²) in [4.78, 5) is 34.2. The Morgan fingerprint density at radius 2 is 1.75 bits per heavy atom. The summed E-state index contributed by atoms with van der Waals surface area (Å²) >= 11 is 0. The topological polar surface area (TPSA) is 113 Å². The van der Waals surface area contributed by atoms with E-state index in [2.05, 4.69) is 14.9 Å². The van der Waals surface area contributed by atoms with E-state index in [1.165, 1.54) is 8.87 Å². The number of hydrogen-bond donors (Lipinski definition) is 1. The number of imidazole rings is 1. The molecule has 0 spiro atoms. The standard InChI is InChI=1S/C21H28N6O4S/c1-3-4-10-27-19-18(20(28)23-21(27)29)24(2)17(22-19)15-25-11-13-26(14-12-25)32(30,31)16-8-6-5-7-9-16/h5-9H,3-4,10-15H2,1-2H3,(H,23,28,29). The van der Waals surface area contributed by atoms with E-state index in [0.29, 0.717) is 61.2 Å². The van der Waals surface area contributed by atoms with Gasteiger partial charge in [-0.15, -0.1) is 0 Å². The molecule has 4 rings (SSSR count). The highest BCUT2D eigenvalue weighted by molar-refractivity contribution is 7.89. The van der Waals surface area contributed by atoms with Crippen LogP contribution in [0.3, 0.4) is 0 Å². The summed E-state index contributed by atoms with van der Waals surface area (Å²) < 4.78 is 30.4. The van der Waals surface area contributed by atoms with Crippen molar-refractivity contribution < 1.29 is 8.42 Å². The van der Waals surface area contributed by atoms with Crippen LogP contribution in [0.15, 0.2) is 44.8 Å². The summed E-state index contributed by atoms with van der Waals surface area (Å²) in [5.74, 6) is 0.667. The van der Waals surface area contributed by atoms with E-state index in [1.807, 2.05) is 6.92 Å². The van der Waals surface area contributed by atoms with Crippen molar-refractivity contribution in [3.05, 3.63) is 57.0 Å². The van der Waals surface area contributed by atoms with Gasteiger partial charge in [0.25, 0.3) is 5.56 Å². The fourth-order valence-electron chi connectivity index (χ4n) is 4.03. The Morgan fingerprint density at radius 1 is 1.06 bits per heavy atom. The van der Waals surface area contributed by atoms with Gasteiger partial charge >= 0.3 is 5.69 Å².